The number of hydrogen-bond acceptors (Lipinski definition) is 4. The topological polar surface area (TPSA) is 92.5 Å². The number of nitrogens with one attached hydrogen (secondary N) is 1. The van der Waals surface area contributed by atoms with Crippen molar-refractivity contribution in [3.8, 4) is 0 Å². The van der Waals surface area contributed by atoms with Crippen LogP contribution >= 0.6 is 0 Å². The van der Waals surface area contributed by atoms with Crippen LogP contribution in [-0.2, 0) is 0 Å². The molecule has 0 bridgehead atoms. The number of nitrogens with zero attached hydrogens (tertiary/aromatic N) is 1. The molecule has 0 fully saturated rings. The van der Waals surface area contributed by atoms with Gasteiger partial charge in [-0.3, -0.25) is 14.9 Å². The van der Waals surface area contributed by atoms with E-state index in [0.717, 1.165) is 18.6 Å². The van der Waals surface area contributed by atoms with Gasteiger partial charge in [0.25, 0.3) is 11.6 Å². The molecule has 0 saturated carbocycles. The molecular formula is C13H17FN2O4. The highest BCUT2D eigenvalue weighted by Crippen LogP contribution is 2.20. The van der Waals surface area contributed by atoms with Gasteiger partial charge >= 0.3 is 0 Å². The van der Waals surface area contributed by atoms with Gasteiger partial charge in [0, 0.05) is 18.7 Å². The molecule has 1 atom stereocenters. The van der Waals surface area contributed by atoms with Crippen molar-refractivity contribution in [2.45, 2.75) is 32.8 Å². The number of rotatable bonds is 6. The van der Waals surface area contributed by atoms with Crippen molar-refractivity contribution in [2.75, 3.05) is 6.54 Å². The van der Waals surface area contributed by atoms with Gasteiger partial charge in [-0.15, -0.1) is 0 Å². The Morgan fingerprint density at radius 2 is 2.20 bits per heavy atom. The highest BCUT2D eigenvalue weighted by molar-refractivity contribution is 5.95. The van der Waals surface area contributed by atoms with Crippen molar-refractivity contribution < 1.29 is 19.2 Å². The normalized spacial score (nSPS) is 12.0. The summed E-state index contributed by atoms with van der Waals surface area (Å²) in [5.41, 5.74) is -0.706. The quantitative estimate of drug-likeness (QED) is 0.616. The van der Waals surface area contributed by atoms with Crippen LogP contribution in [0.25, 0.3) is 0 Å². The molecule has 0 heterocycles. The fourth-order valence-electron chi connectivity index (χ4n) is 1.76. The van der Waals surface area contributed by atoms with Crippen molar-refractivity contribution in [1.82, 2.24) is 5.32 Å². The zero-order chi connectivity index (χ0) is 15.3. The summed E-state index contributed by atoms with van der Waals surface area (Å²) in [6.07, 6.45) is 0.546. The highest BCUT2D eigenvalue weighted by atomic mass is 19.1. The van der Waals surface area contributed by atoms with E-state index >= 15 is 0 Å². The van der Waals surface area contributed by atoms with Crippen LogP contribution in [0.2, 0.25) is 0 Å². The van der Waals surface area contributed by atoms with Crippen LogP contribution in [0.4, 0.5) is 10.1 Å². The standard InChI is InChI=1S/C13H17FN2O4/c1-3-4-10(17)7-15-13(18)11-6-9(16(19)20)5-8(2)12(11)14/h5-6,10,17H,3-4,7H2,1-2H3,(H,15,18). The first kappa shape index (κ1) is 16.0. The molecule has 110 valence electrons. The van der Waals surface area contributed by atoms with E-state index in [2.05, 4.69) is 5.32 Å². The zero-order valence-corrected chi connectivity index (χ0v) is 11.4. The smallest absolute Gasteiger partial charge is 0.270 e. The van der Waals surface area contributed by atoms with Crippen LogP contribution in [-0.4, -0.2) is 28.6 Å². The number of non-ortho nitro benzene ring substituents is 1. The molecule has 0 radical (unpaired) electrons. The Labute approximate surface area is 115 Å². The lowest BCUT2D eigenvalue weighted by molar-refractivity contribution is -0.385. The monoisotopic (exact) mass is 284 g/mol. The van der Waals surface area contributed by atoms with Gasteiger partial charge in [-0.25, -0.2) is 4.39 Å². The molecule has 0 saturated heterocycles. The van der Waals surface area contributed by atoms with Crippen LogP contribution in [0.5, 0.6) is 0 Å². The Morgan fingerprint density at radius 3 is 2.75 bits per heavy atom. The Balaban J connectivity index is 2.89. The summed E-state index contributed by atoms with van der Waals surface area (Å²) in [5.74, 6) is -1.57. The third-order valence-corrected chi connectivity index (χ3v) is 2.81. The number of carbonyl (C=O) groups is 1. The molecule has 0 aliphatic rings. The SMILES string of the molecule is CCCC(O)CNC(=O)c1cc([N+](=O)[O-])cc(C)c1F. The molecule has 6 nitrogen and oxygen atoms in total. The number of amides is 1. The van der Waals surface area contributed by atoms with Gasteiger partial charge in [0.15, 0.2) is 0 Å². The maximum Gasteiger partial charge on any atom is 0.270 e. The molecule has 20 heavy (non-hydrogen) atoms. The third-order valence-electron chi connectivity index (χ3n) is 2.81. The predicted molar refractivity (Wildman–Crippen MR) is 71.0 cm³/mol. The van der Waals surface area contributed by atoms with Crippen LogP contribution < -0.4 is 5.32 Å². The van der Waals surface area contributed by atoms with E-state index in [1.807, 2.05) is 6.92 Å². The molecule has 7 heteroatoms. The molecule has 0 aliphatic heterocycles. The van der Waals surface area contributed by atoms with E-state index in [4.69, 9.17) is 0 Å². The lowest BCUT2D eigenvalue weighted by Crippen LogP contribution is -2.32. The predicted octanol–water partition coefficient (Wildman–Crippen LogP) is 1.93. The fourth-order valence-corrected chi connectivity index (χ4v) is 1.76. The number of hydrogen-bond donors (Lipinski definition) is 2. The Bertz CT molecular complexity index is 519. The molecule has 1 aromatic rings. The molecule has 1 amide bonds. The number of aliphatic hydroxyl groups is 1. The Kier molecular flexibility index (Phi) is 5.57. The van der Waals surface area contributed by atoms with E-state index in [0.29, 0.717) is 6.42 Å². The van der Waals surface area contributed by atoms with Gasteiger partial charge < -0.3 is 10.4 Å². The third kappa shape index (κ3) is 3.99. The molecule has 1 unspecified atom stereocenters. The first-order chi connectivity index (χ1) is 9.36. The summed E-state index contributed by atoms with van der Waals surface area (Å²) in [6, 6.07) is 1.96. The molecule has 1 rings (SSSR count). The first-order valence-corrected chi connectivity index (χ1v) is 6.27. The highest BCUT2D eigenvalue weighted by Gasteiger charge is 2.20. The second-order valence-corrected chi connectivity index (χ2v) is 4.53. The number of nitro benzene ring substituents is 1. The largest absolute Gasteiger partial charge is 0.391 e. The summed E-state index contributed by atoms with van der Waals surface area (Å²) in [5, 5.41) is 22.6. The summed E-state index contributed by atoms with van der Waals surface area (Å²) in [6.45, 7) is 3.22. The van der Waals surface area contributed by atoms with Gasteiger partial charge in [0.1, 0.15) is 5.82 Å². The summed E-state index contributed by atoms with van der Waals surface area (Å²) < 4.78 is 13.8. The van der Waals surface area contributed by atoms with Crippen molar-refractivity contribution in [1.29, 1.82) is 0 Å². The minimum absolute atomic E-state index is 0.0200. The van der Waals surface area contributed by atoms with Crippen molar-refractivity contribution in [3.63, 3.8) is 0 Å². The van der Waals surface area contributed by atoms with Crippen LogP contribution in [0, 0.1) is 22.9 Å². The first-order valence-electron chi connectivity index (χ1n) is 6.27. The van der Waals surface area contributed by atoms with Gasteiger partial charge in [-0.1, -0.05) is 13.3 Å². The van der Waals surface area contributed by atoms with Crippen LogP contribution in [0.15, 0.2) is 12.1 Å². The van der Waals surface area contributed by atoms with Gasteiger partial charge in [-0.05, 0) is 18.9 Å². The average molecular weight is 284 g/mol. The lowest BCUT2D eigenvalue weighted by atomic mass is 10.1. The van der Waals surface area contributed by atoms with Crippen molar-refractivity contribution in [3.05, 3.63) is 39.2 Å². The van der Waals surface area contributed by atoms with Crippen molar-refractivity contribution in [2.24, 2.45) is 0 Å². The van der Waals surface area contributed by atoms with Gasteiger partial charge in [-0.2, -0.15) is 0 Å². The van der Waals surface area contributed by atoms with Crippen LogP contribution in [0.3, 0.4) is 0 Å². The van der Waals surface area contributed by atoms with Crippen LogP contribution in [0.1, 0.15) is 35.7 Å². The Hall–Kier alpha value is -2.02. The molecule has 2 N–H and O–H groups in total. The average Bonchev–Trinajstić information content (AvgIpc) is 2.39. The molecular weight excluding hydrogens is 267 g/mol. The van der Waals surface area contributed by atoms with E-state index in [1.54, 1.807) is 0 Å². The molecule has 0 aromatic heterocycles. The van der Waals surface area contributed by atoms with Gasteiger partial charge in [0.05, 0.1) is 16.6 Å². The maximum atomic E-state index is 13.8. The van der Waals surface area contributed by atoms with E-state index in [9.17, 15) is 24.4 Å². The molecule has 0 aliphatic carbocycles. The number of aryl methyl sites for hydroxylation is 1. The second-order valence-electron chi connectivity index (χ2n) is 4.53. The van der Waals surface area contributed by atoms with Gasteiger partial charge in [0.2, 0.25) is 0 Å². The zero-order valence-electron chi connectivity index (χ0n) is 11.4. The fraction of sp³-hybridized carbons (Fsp3) is 0.462. The van der Waals surface area contributed by atoms with E-state index < -0.39 is 22.8 Å². The summed E-state index contributed by atoms with van der Waals surface area (Å²) in [7, 11) is 0. The minimum Gasteiger partial charge on any atom is -0.391 e. The summed E-state index contributed by atoms with van der Waals surface area (Å²) >= 11 is 0. The minimum atomic E-state index is -0.793. The number of nitro groups is 1. The summed E-state index contributed by atoms with van der Waals surface area (Å²) in [4.78, 5) is 21.8. The number of carbonyl (C=O) groups excluding carboxylic acids is 1. The molecule has 0 spiro atoms. The van der Waals surface area contributed by atoms with E-state index in [-0.39, 0.29) is 23.4 Å². The van der Waals surface area contributed by atoms with E-state index in [1.165, 1.54) is 6.92 Å². The van der Waals surface area contributed by atoms with Crippen molar-refractivity contribution >= 4 is 11.6 Å². The molecule has 1 aromatic carbocycles. The lowest BCUT2D eigenvalue weighted by Gasteiger charge is -2.11. The number of aliphatic hydroxyl groups excluding tert-OH is 1. The Morgan fingerprint density at radius 1 is 1.55 bits per heavy atom. The second kappa shape index (κ2) is 6.95. The number of benzene rings is 1. The maximum absolute atomic E-state index is 13.8. The number of halogens is 1.